The standard InChI is InChI=1S/C12H24N2O4S/c1-17-12(5-7-18-10-12)9-14-19(15,16)8-11-4-2-3-6-13-11/h11,13-14H,2-10H2,1H3. The van der Waals surface area contributed by atoms with Crippen molar-refractivity contribution < 1.29 is 17.9 Å². The normalized spacial score (nSPS) is 32.6. The first-order chi connectivity index (χ1) is 9.05. The minimum absolute atomic E-state index is 0.0737. The molecule has 0 aromatic heterocycles. The first kappa shape index (κ1) is 15.2. The fraction of sp³-hybridized carbons (Fsp3) is 1.00. The van der Waals surface area contributed by atoms with Gasteiger partial charge < -0.3 is 14.8 Å². The van der Waals surface area contributed by atoms with Crippen molar-refractivity contribution in [2.45, 2.75) is 37.3 Å². The van der Waals surface area contributed by atoms with Crippen LogP contribution in [-0.2, 0) is 19.5 Å². The van der Waals surface area contributed by atoms with E-state index in [1.54, 1.807) is 7.11 Å². The van der Waals surface area contributed by atoms with Crippen LogP contribution >= 0.6 is 0 Å². The number of nitrogens with one attached hydrogen (secondary N) is 2. The van der Waals surface area contributed by atoms with Gasteiger partial charge in [-0.15, -0.1) is 0 Å². The molecule has 0 radical (unpaired) electrons. The molecule has 2 N–H and O–H groups in total. The maximum atomic E-state index is 12.1. The molecule has 6 nitrogen and oxygen atoms in total. The summed E-state index contributed by atoms with van der Waals surface area (Å²) < 4.78 is 37.5. The molecule has 0 bridgehead atoms. The molecule has 0 saturated carbocycles. The van der Waals surface area contributed by atoms with Crippen molar-refractivity contribution in [1.29, 1.82) is 0 Å². The highest BCUT2D eigenvalue weighted by molar-refractivity contribution is 7.89. The summed E-state index contributed by atoms with van der Waals surface area (Å²) >= 11 is 0. The minimum Gasteiger partial charge on any atom is -0.378 e. The number of piperidine rings is 1. The van der Waals surface area contributed by atoms with Gasteiger partial charge in [0.05, 0.1) is 12.4 Å². The van der Waals surface area contributed by atoms with Gasteiger partial charge in [0.1, 0.15) is 5.60 Å². The fourth-order valence-electron chi connectivity index (χ4n) is 2.59. The van der Waals surface area contributed by atoms with Gasteiger partial charge in [0.2, 0.25) is 10.0 Å². The molecule has 0 spiro atoms. The Morgan fingerprint density at radius 3 is 2.89 bits per heavy atom. The Bertz CT molecular complexity index is 373. The molecule has 0 aliphatic carbocycles. The molecule has 2 rings (SSSR count). The quantitative estimate of drug-likeness (QED) is 0.712. The van der Waals surface area contributed by atoms with Crippen LogP contribution in [-0.4, -0.2) is 59.2 Å². The third-order valence-electron chi connectivity index (χ3n) is 3.95. The van der Waals surface area contributed by atoms with Crippen molar-refractivity contribution in [2.75, 3.05) is 39.2 Å². The van der Waals surface area contributed by atoms with Gasteiger partial charge in [-0.2, -0.15) is 0 Å². The summed E-state index contributed by atoms with van der Waals surface area (Å²) in [6, 6.07) is 0.0737. The predicted octanol–water partition coefficient (Wildman–Crippen LogP) is -0.147. The predicted molar refractivity (Wildman–Crippen MR) is 72.6 cm³/mol. The maximum Gasteiger partial charge on any atom is 0.213 e. The fourth-order valence-corrected chi connectivity index (χ4v) is 4.01. The Balaban J connectivity index is 1.83. The van der Waals surface area contributed by atoms with Crippen LogP contribution in [0, 0.1) is 0 Å². The molecule has 2 aliphatic rings. The minimum atomic E-state index is -3.26. The summed E-state index contributed by atoms with van der Waals surface area (Å²) in [5, 5.41) is 3.25. The smallest absolute Gasteiger partial charge is 0.213 e. The number of hydrogen-bond donors (Lipinski definition) is 2. The summed E-state index contributed by atoms with van der Waals surface area (Å²) in [4.78, 5) is 0. The van der Waals surface area contributed by atoms with Crippen LogP contribution in [0.25, 0.3) is 0 Å². The van der Waals surface area contributed by atoms with E-state index in [1.807, 2.05) is 0 Å². The van der Waals surface area contributed by atoms with Crippen LogP contribution in [0.15, 0.2) is 0 Å². The summed E-state index contributed by atoms with van der Waals surface area (Å²) in [5.74, 6) is 0.146. The van der Waals surface area contributed by atoms with Crippen molar-refractivity contribution in [2.24, 2.45) is 0 Å². The van der Waals surface area contributed by atoms with Gasteiger partial charge in [-0.1, -0.05) is 6.42 Å². The molecule has 0 aromatic rings. The highest BCUT2D eigenvalue weighted by Gasteiger charge is 2.36. The van der Waals surface area contributed by atoms with Gasteiger partial charge in [0.25, 0.3) is 0 Å². The van der Waals surface area contributed by atoms with E-state index in [2.05, 4.69) is 10.0 Å². The van der Waals surface area contributed by atoms with E-state index in [-0.39, 0.29) is 11.8 Å². The SMILES string of the molecule is COC1(CNS(=O)(=O)CC2CCCCN2)CCOC1. The van der Waals surface area contributed by atoms with Gasteiger partial charge in [-0.25, -0.2) is 13.1 Å². The molecule has 2 heterocycles. The number of methoxy groups -OCH3 is 1. The van der Waals surface area contributed by atoms with Gasteiger partial charge in [-0.3, -0.25) is 0 Å². The van der Waals surface area contributed by atoms with E-state index >= 15 is 0 Å². The highest BCUT2D eigenvalue weighted by atomic mass is 32.2. The van der Waals surface area contributed by atoms with Crippen LogP contribution in [0.1, 0.15) is 25.7 Å². The second-order valence-corrected chi connectivity index (χ2v) is 7.29. The van der Waals surface area contributed by atoms with Gasteiger partial charge in [0, 0.05) is 32.7 Å². The van der Waals surface area contributed by atoms with Gasteiger partial charge in [0.15, 0.2) is 0 Å². The van der Waals surface area contributed by atoms with Crippen molar-refractivity contribution in [3.63, 3.8) is 0 Å². The summed E-state index contributed by atoms with van der Waals surface area (Å²) in [6.07, 6.45) is 3.89. The molecular formula is C12H24N2O4S. The lowest BCUT2D eigenvalue weighted by Gasteiger charge is -2.27. The van der Waals surface area contributed by atoms with Crippen LogP contribution in [0.3, 0.4) is 0 Å². The lowest BCUT2D eigenvalue weighted by Crippen LogP contribution is -2.48. The lowest BCUT2D eigenvalue weighted by molar-refractivity contribution is -0.0120. The molecule has 0 aromatic carbocycles. The molecule has 2 fully saturated rings. The number of sulfonamides is 1. The summed E-state index contributed by atoms with van der Waals surface area (Å²) in [5.41, 5.74) is -0.493. The number of ether oxygens (including phenoxy) is 2. The highest BCUT2D eigenvalue weighted by Crippen LogP contribution is 2.21. The van der Waals surface area contributed by atoms with Gasteiger partial charge in [-0.05, 0) is 19.4 Å². The Labute approximate surface area is 115 Å². The van der Waals surface area contributed by atoms with E-state index in [1.165, 1.54) is 0 Å². The first-order valence-corrected chi connectivity index (χ1v) is 8.54. The Hall–Kier alpha value is -0.210. The van der Waals surface area contributed by atoms with Crippen LogP contribution < -0.4 is 10.0 Å². The van der Waals surface area contributed by atoms with Crippen molar-refractivity contribution in [3.8, 4) is 0 Å². The Morgan fingerprint density at radius 2 is 2.32 bits per heavy atom. The van der Waals surface area contributed by atoms with Crippen molar-refractivity contribution in [3.05, 3.63) is 0 Å². The topological polar surface area (TPSA) is 76.7 Å². The van der Waals surface area contributed by atoms with E-state index in [0.717, 1.165) is 32.2 Å². The van der Waals surface area contributed by atoms with E-state index < -0.39 is 15.6 Å². The van der Waals surface area contributed by atoms with Crippen LogP contribution in [0.2, 0.25) is 0 Å². The van der Waals surface area contributed by atoms with E-state index in [0.29, 0.717) is 19.8 Å². The van der Waals surface area contributed by atoms with Crippen molar-refractivity contribution >= 4 is 10.0 Å². The molecule has 2 aliphatic heterocycles. The molecule has 2 atom stereocenters. The molecule has 0 amide bonds. The zero-order valence-electron chi connectivity index (χ0n) is 11.5. The van der Waals surface area contributed by atoms with Crippen molar-refractivity contribution in [1.82, 2.24) is 10.0 Å². The molecule has 112 valence electrons. The number of rotatable bonds is 6. The summed E-state index contributed by atoms with van der Waals surface area (Å²) in [6.45, 7) is 2.28. The lowest BCUT2D eigenvalue weighted by atomic mass is 10.0. The second-order valence-electron chi connectivity index (χ2n) is 5.44. The maximum absolute atomic E-state index is 12.1. The molecule has 7 heteroatoms. The summed E-state index contributed by atoms with van der Waals surface area (Å²) in [7, 11) is -1.66. The van der Waals surface area contributed by atoms with E-state index in [9.17, 15) is 8.42 Å². The third-order valence-corrected chi connectivity index (χ3v) is 5.37. The number of hydrogen-bond acceptors (Lipinski definition) is 5. The molecule has 2 unspecified atom stereocenters. The Morgan fingerprint density at radius 1 is 1.47 bits per heavy atom. The van der Waals surface area contributed by atoms with Crippen LogP contribution in [0.4, 0.5) is 0 Å². The Kier molecular flexibility index (Phi) is 5.19. The zero-order chi connectivity index (χ0) is 13.8. The first-order valence-electron chi connectivity index (χ1n) is 6.89. The second kappa shape index (κ2) is 6.49. The molecular weight excluding hydrogens is 268 g/mol. The average Bonchev–Trinajstić information content (AvgIpc) is 2.87. The largest absolute Gasteiger partial charge is 0.378 e. The van der Waals surface area contributed by atoms with E-state index in [4.69, 9.17) is 9.47 Å². The van der Waals surface area contributed by atoms with Crippen LogP contribution in [0.5, 0.6) is 0 Å². The molecule has 19 heavy (non-hydrogen) atoms. The van der Waals surface area contributed by atoms with Gasteiger partial charge >= 0.3 is 0 Å². The average molecular weight is 292 g/mol. The zero-order valence-corrected chi connectivity index (χ0v) is 12.3. The monoisotopic (exact) mass is 292 g/mol. The third kappa shape index (κ3) is 4.39. The molecule has 2 saturated heterocycles.